The second-order valence-corrected chi connectivity index (χ2v) is 16.3. The molecule has 7 fully saturated rings. The van der Waals surface area contributed by atoms with Gasteiger partial charge >= 0.3 is 0 Å². The van der Waals surface area contributed by atoms with E-state index in [1.54, 1.807) is 0 Å². The van der Waals surface area contributed by atoms with Gasteiger partial charge in [0.2, 0.25) is 0 Å². The lowest BCUT2D eigenvalue weighted by molar-refractivity contribution is -0.388. The van der Waals surface area contributed by atoms with Gasteiger partial charge in [0, 0.05) is 0 Å². The van der Waals surface area contributed by atoms with Crippen LogP contribution in [-0.2, 0) is 61.6 Å². The molecule has 0 aromatic rings. The molecular formula is C35H58O29. The van der Waals surface area contributed by atoms with Gasteiger partial charge < -0.3 is 143 Å². The van der Waals surface area contributed by atoms with E-state index in [1.807, 2.05) is 0 Å². The van der Waals surface area contributed by atoms with Gasteiger partial charge in [-0.15, -0.1) is 0 Å². The molecular weight excluding hydrogens is 884 g/mol. The van der Waals surface area contributed by atoms with Crippen molar-refractivity contribution in [2.24, 2.45) is 0 Å². The Balaban J connectivity index is 1.20. The third kappa shape index (κ3) is 10.4. The van der Waals surface area contributed by atoms with E-state index in [0.717, 1.165) is 0 Å². The van der Waals surface area contributed by atoms with Crippen molar-refractivity contribution in [3.63, 3.8) is 0 Å². The van der Waals surface area contributed by atoms with Gasteiger partial charge in [0.25, 0.3) is 0 Å². The Morgan fingerprint density at radius 1 is 0.312 bits per heavy atom. The number of hydrogen-bond donors (Lipinski definition) is 16. The Morgan fingerprint density at radius 2 is 0.703 bits per heavy atom. The van der Waals surface area contributed by atoms with Crippen LogP contribution in [0.3, 0.4) is 0 Å². The van der Waals surface area contributed by atoms with Crippen molar-refractivity contribution in [3.05, 3.63) is 0 Å². The molecule has 7 rings (SSSR count). The van der Waals surface area contributed by atoms with E-state index in [9.17, 15) is 81.7 Å². The molecule has 0 bridgehead atoms. The van der Waals surface area contributed by atoms with Gasteiger partial charge in [0.15, 0.2) is 44.0 Å². The third-order valence-electron chi connectivity index (χ3n) is 12.0. The molecule has 28 atom stereocenters. The zero-order valence-electron chi connectivity index (χ0n) is 33.6. The molecule has 0 amide bonds. The van der Waals surface area contributed by atoms with E-state index in [4.69, 9.17) is 61.6 Å². The summed E-state index contributed by atoms with van der Waals surface area (Å²) in [6, 6.07) is 0. The Hall–Kier alpha value is -1.16. The SMILES string of the molecule is OC[C@@H]1O[C@@H](O[C@@H]2[C@@H](O)[C@H](O[C@@H]3CO[C@@H](O)[C@H](O)[C@H]3O)OC[C@H]2O[C@@H]2OC[C@@H](O[C@@H]3OC[C@@H](O)[C@H](O)[C@H]3O)[C@H](O[C@@H]3O[C@@H](CO)[C@H](O)[C@H]3O)[C@H]2O[C@@H]2O[C@@H](CO)[C@H](O)[C@H]2O)[C@H](O)[C@H]1O. The summed E-state index contributed by atoms with van der Waals surface area (Å²) >= 11 is 0. The highest BCUT2D eigenvalue weighted by molar-refractivity contribution is 4.98. The van der Waals surface area contributed by atoms with E-state index in [-0.39, 0.29) is 0 Å². The molecule has 7 aliphatic rings. The molecule has 0 spiro atoms. The van der Waals surface area contributed by atoms with E-state index >= 15 is 0 Å². The first-order chi connectivity index (χ1) is 30.5. The minimum Gasteiger partial charge on any atom is -0.394 e. The van der Waals surface area contributed by atoms with Crippen LogP contribution in [0, 0.1) is 0 Å². The van der Waals surface area contributed by atoms with E-state index in [2.05, 4.69) is 0 Å². The molecule has 0 aromatic heterocycles. The second kappa shape index (κ2) is 21.6. The van der Waals surface area contributed by atoms with E-state index in [1.165, 1.54) is 0 Å². The molecule has 0 unspecified atom stereocenters. The molecule has 16 N–H and O–H groups in total. The van der Waals surface area contributed by atoms with Crippen LogP contribution in [0.1, 0.15) is 0 Å². The van der Waals surface area contributed by atoms with E-state index in [0.29, 0.717) is 0 Å². The fourth-order valence-electron chi connectivity index (χ4n) is 8.16. The predicted octanol–water partition coefficient (Wildman–Crippen LogP) is -11.8. The Labute approximate surface area is 361 Å². The third-order valence-corrected chi connectivity index (χ3v) is 12.0. The number of aliphatic hydroxyl groups is 16. The molecule has 372 valence electrons. The largest absolute Gasteiger partial charge is 0.394 e. The van der Waals surface area contributed by atoms with Crippen molar-refractivity contribution < 1.29 is 143 Å². The first kappa shape index (κ1) is 50.7. The predicted molar refractivity (Wildman–Crippen MR) is 190 cm³/mol. The molecule has 0 aliphatic carbocycles. The molecule has 7 aliphatic heterocycles. The molecule has 0 radical (unpaired) electrons. The van der Waals surface area contributed by atoms with Crippen molar-refractivity contribution in [1.82, 2.24) is 0 Å². The second-order valence-electron chi connectivity index (χ2n) is 16.3. The molecule has 29 nitrogen and oxygen atoms in total. The van der Waals surface area contributed by atoms with Crippen molar-refractivity contribution in [1.29, 1.82) is 0 Å². The lowest BCUT2D eigenvalue weighted by Gasteiger charge is -2.48. The topological polar surface area (TPSA) is 444 Å². The lowest BCUT2D eigenvalue weighted by Crippen LogP contribution is -2.65. The van der Waals surface area contributed by atoms with Crippen molar-refractivity contribution in [3.8, 4) is 0 Å². The Kier molecular flexibility index (Phi) is 17.1. The lowest BCUT2D eigenvalue weighted by atomic mass is 10.0. The van der Waals surface area contributed by atoms with Crippen LogP contribution in [-0.4, -0.2) is 300 Å². The zero-order valence-corrected chi connectivity index (χ0v) is 33.6. The highest BCUT2D eigenvalue weighted by Crippen LogP contribution is 2.37. The van der Waals surface area contributed by atoms with Crippen molar-refractivity contribution in [2.45, 2.75) is 172 Å². The van der Waals surface area contributed by atoms with Crippen LogP contribution in [0.4, 0.5) is 0 Å². The average molecular weight is 943 g/mol. The summed E-state index contributed by atoms with van der Waals surface area (Å²) in [6.45, 7) is -4.66. The van der Waals surface area contributed by atoms with Gasteiger partial charge in [0.05, 0.1) is 46.2 Å². The maximum Gasteiger partial charge on any atom is 0.187 e. The summed E-state index contributed by atoms with van der Waals surface area (Å²) < 4.78 is 75.0. The summed E-state index contributed by atoms with van der Waals surface area (Å²) in [6.07, 6.45) is -48.0. The van der Waals surface area contributed by atoms with Crippen molar-refractivity contribution >= 4 is 0 Å². The van der Waals surface area contributed by atoms with Gasteiger partial charge in [-0.25, -0.2) is 0 Å². The summed E-state index contributed by atoms with van der Waals surface area (Å²) in [5.74, 6) is 0. The average Bonchev–Trinajstić information content (AvgIpc) is 3.84. The fourth-order valence-corrected chi connectivity index (χ4v) is 8.16. The van der Waals surface area contributed by atoms with Crippen LogP contribution in [0.15, 0.2) is 0 Å². The molecule has 64 heavy (non-hydrogen) atoms. The van der Waals surface area contributed by atoms with Crippen LogP contribution >= 0.6 is 0 Å². The first-order valence-electron chi connectivity index (χ1n) is 20.5. The monoisotopic (exact) mass is 942 g/mol. The van der Waals surface area contributed by atoms with Gasteiger partial charge in [-0.05, 0) is 0 Å². The van der Waals surface area contributed by atoms with Gasteiger partial charge in [0.1, 0.15) is 128 Å². The highest BCUT2D eigenvalue weighted by Gasteiger charge is 2.57. The number of ether oxygens (including phenoxy) is 13. The molecule has 0 aromatic carbocycles. The molecule has 7 saturated heterocycles. The van der Waals surface area contributed by atoms with Crippen molar-refractivity contribution in [2.75, 3.05) is 46.2 Å². The standard InChI is InChI=1S/C35H58O29/c36-1-9-16(41)22(47)32(56-9)62-26-13(6-54-31(25(26)50)59-12-5-52-29(51)20(45)19(12)44)61-35-28(64-34-24(49)18(43)11(3-38)58-34)27(63-33-23(48)17(42)10(2-37)57-33)14(7-55-35)60-30-21(46)15(40)8(39)4-53-30/h8-51H,1-7H2/t8-,9+,10+,11+,12-,13-,14-,15+,16+,17+,18+,19+,20-,21-,22-,23-,24-,25-,26+,27+,28-,29-,30+,31+,32+,33+,34+,35+/m1/s1. The first-order valence-corrected chi connectivity index (χ1v) is 20.5. The highest BCUT2D eigenvalue weighted by atomic mass is 16.8. The summed E-state index contributed by atoms with van der Waals surface area (Å²) in [5, 5.41) is 167. The summed E-state index contributed by atoms with van der Waals surface area (Å²) in [7, 11) is 0. The number of aliphatic hydroxyl groups excluding tert-OH is 16. The smallest absolute Gasteiger partial charge is 0.187 e. The summed E-state index contributed by atoms with van der Waals surface area (Å²) in [4.78, 5) is 0. The number of rotatable bonds is 15. The summed E-state index contributed by atoms with van der Waals surface area (Å²) in [5.41, 5.74) is 0. The zero-order chi connectivity index (χ0) is 46.3. The van der Waals surface area contributed by atoms with Gasteiger partial charge in [-0.1, -0.05) is 0 Å². The Morgan fingerprint density at radius 3 is 1.22 bits per heavy atom. The van der Waals surface area contributed by atoms with E-state index < -0.39 is 218 Å². The quantitative estimate of drug-likeness (QED) is 0.0725. The van der Waals surface area contributed by atoms with Crippen LogP contribution < -0.4 is 0 Å². The van der Waals surface area contributed by atoms with Crippen LogP contribution in [0.5, 0.6) is 0 Å². The molecule has 7 heterocycles. The van der Waals surface area contributed by atoms with Crippen LogP contribution in [0.2, 0.25) is 0 Å². The minimum absolute atomic E-state index is 0.495. The van der Waals surface area contributed by atoms with Crippen LogP contribution in [0.25, 0.3) is 0 Å². The molecule has 0 saturated carbocycles. The number of hydrogen-bond acceptors (Lipinski definition) is 29. The molecule has 29 heteroatoms. The van der Waals surface area contributed by atoms with Gasteiger partial charge in [-0.2, -0.15) is 0 Å². The van der Waals surface area contributed by atoms with Gasteiger partial charge in [-0.3, -0.25) is 0 Å². The fraction of sp³-hybridized carbons (Fsp3) is 1.00. The maximum absolute atomic E-state index is 11.7. The minimum atomic E-state index is -1.99. The normalized spacial score (nSPS) is 53.8. The Bertz CT molecular complexity index is 1460. The maximum atomic E-state index is 11.7.